The third kappa shape index (κ3) is 3.63. The Labute approximate surface area is 91.8 Å². The van der Waals surface area contributed by atoms with Gasteiger partial charge in [0.1, 0.15) is 0 Å². The van der Waals surface area contributed by atoms with E-state index in [9.17, 15) is 0 Å². The number of hydrogen-bond acceptors (Lipinski definition) is 2. The van der Waals surface area contributed by atoms with Crippen molar-refractivity contribution in [3.05, 3.63) is 32.9 Å². The molecule has 0 spiro atoms. The molecular weight excluding hydrogens is 246 g/mol. The zero-order valence-corrected chi connectivity index (χ0v) is 10.1. The van der Waals surface area contributed by atoms with Gasteiger partial charge < -0.3 is 5.73 Å². The molecule has 0 aromatic carbocycles. The lowest BCUT2D eigenvalue weighted by atomic mass is 10.1. The first-order valence-electron chi connectivity index (χ1n) is 4.23. The topological polar surface area (TPSA) is 26.0 Å². The highest BCUT2D eigenvalue weighted by atomic mass is 79.9. The number of thiophene rings is 1. The summed E-state index contributed by atoms with van der Waals surface area (Å²) in [5.74, 6) is 0. The molecule has 0 bridgehead atoms. The van der Waals surface area contributed by atoms with Gasteiger partial charge in [-0.1, -0.05) is 5.57 Å². The molecule has 0 saturated carbocycles. The smallest absolute Gasteiger partial charge is 0.0393 e. The van der Waals surface area contributed by atoms with E-state index in [-0.39, 0.29) is 6.04 Å². The fourth-order valence-corrected chi connectivity index (χ4v) is 2.55. The molecular formula is C10H14BrNS. The van der Waals surface area contributed by atoms with Gasteiger partial charge in [0.15, 0.2) is 0 Å². The van der Waals surface area contributed by atoms with E-state index in [1.54, 1.807) is 11.3 Å². The van der Waals surface area contributed by atoms with Gasteiger partial charge in [0.05, 0.1) is 0 Å². The number of halogens is 1. The summed E-state index contributed by atoms with van der Waals surface area (Å²) in [5, 5.41) is 2.07. The summed E-state index contributed by atoms with van der Waals surface area (Å²) in [4.78, 5) is 1.24. The Morgan fingerprint density at radius 2 is 2.46 bits per heavy atom. The Balaban J connectivity index is 2.48. The minimum Gasteiger partial charge on any atom is -0.323 e. The van der Waals surface area contributed by atoms with Gasteiger partial charge in [-0.3, -0.25) is 0 Å². The normalized spacial score (nSPS) is 12.8. The summed E-state index contributed by atoms with van der Waals surface area (Å²) < 4.78 is 1.12. The van der Waals surface area contributed by atoms with Crippen LogP contribution in [-0.4, -0.2) is 0 Å². The van der Waals surface area contributed by atoms with Crippen LogP contribution in [0.3, 0.4) is 0 Å². The van der Waals surface area contributed by atoms with Gasteiger partial charge in [-0.15, -0.1) is 17.9 Å². The van der Waals surface area contributed by atoms with E-state index >= 15 is 0 Å². The van der Waals surface area contributed by atoms with E-state index in [0.717, 1.165) is 17.3 Å². The van der Waals surface area contributed by atoms with Gasteiger partial charge in [0, 0.05) is 20.8 Å². The number of nitrogens with two attached hydrogens (primary N) is 1. The Kier molecular flexibility index (Phi) is 4.16. The van der Waals surface area contributed by atoms with E-state index in [1.165, 1.54) is 10.5 Å². The van der Waals surface area contributed by atoms with E-state index in [0.29, 0.717) is 0 Å². The Morgan fingerprint density at radius 1 is 1.77 bits per heavy atom. The molecule has 1 heterocycles. The van der Waals surface area contributed by atoms with Gasteiger partial charge in [0.2, 0.25) is 0 Å². The standard InChI is InChI=1S/C10H14BrNS/c1-7(2)3-4-9(12)10-5-8(11)6-13-10/h5-6,9H,1,3-4,12H2,2H3. The van der Waals surface area contributed by atoms with Crippen molar-refractivity contribution in [3.63, 3.8) is 0 Å². The quantitative estimate of drug-likeness (QED) is 0.817. The fourth-order valence-electron chi connectivity index (χ4n) is 1.07. The maximum absolute atomic E-state index is 6.01. The van der Waals surface area contributed by atoms with Crippen molar-refractivity contribution >= 4 is 27.3 Å². The first-order chi connectivity index (χ1) is 6.09. The highest BCUT2D eigenvalue weighted by Crippen LogP contribution is 2.27. The molecule has 3 heteroatoms. The number of allylic oxidation sites excluding steroid dienone is 1. The molecule has 0 fully saturated rings. The largest absolute Gasteiger partial charge is 0.323 e. The van der Waals surface area contributed by atoms with Crippen molar-refractivity contribution in [3.8, 4) is 0 Å². The molecule has 1 rings (SSSR count). The van der Waals surface area contributed by atoms with E-state index < -0.39 is 0 Å². The van der Waals surface area contributed by atoms with Crippen molar-refractivity contribution in [2.75, 3.05) is 0 Å². The van der Waals surface area contributed by atoms with Crippen LogP contribution >= 0.6 is 27.3 Å². The molecule has 72 valence electrons. The highest BCUT2D eigenvalue weighted by molar-refractivity contribution is 9.10. The van der Waals surface area contributed by atoms with E-state index in [1.807, 2.05) is 6.92 Å². The predicted molar refractivity (Wildman–Crippen MR) is 63.0 cm³/mol. The van der Waals surface area contributed by atoms with Gasteiger partial charge >= 0.3 is 0 Å². The van der Waals surface area contributed by atoms with E-state index in [2.05, 4.69) is 34.0 Å². The third-order valence-corrected chi connectivity index (χ3v) is 3.66. The molecule has 0 aliphatic carbocycles. The molecule has 0 radical (unpaired) electrons. The van der Waals surface area contributed by atoms with Gasteiger partial charge in [0.25, 0.3) is 0 Å². The van der Waals surface area contributed by atoms with E-state index in [4.69, 9.17) is 5.73 Å². The third-order valence-electron chi connectivity index (χ3n) is 1.84. The first-order valence-corrected chi connectivity index (χ1v) is 5.90. The van der Waals surface area contributed by atoms with Crippen LogP contribution in [0.5, 0.6) is 0 Å². The van der Waals surface area contributed by atoms with Crippen LogP contribution in [-0.2, 0) is 0 Å². The van der Waals surface area contributed by atoms with Crippen LogP contribution in [0.1, 0.15) is 30.7 Å². The zero-order chi connectivity index (χ0) is 9.84. The number of hydrogen-bond donors (Lipinski definition) is 1. The SMILES string of the molecule is C=C(C)CCC(N)c1cc(Br)cs1. The van der Waals surface area contributed by atoms with Gasteiger partial charge in [-0.25, -0.2) is 0 Å². The van der Waals surface area contributed by atoms with Crippen molar-refractivity contribution in [1.29, 1.82) is 0 Å². The second kappa shape index (κ2) is 4.94. The molecule has 0 amide bonds. The monoisotopic (exact) mass is 259 g/mol. The second-order valence-electron chi connectivity index (χ2n) is 3.27. The summed E-state index contributed by atoms with van der Waals surface area (Å²) in [6.07, 6.45) is 2.00. The van der Waals surface area contributed by atoms with Crippen LogP contribution in [0.15, 0.2) is 28.1 Å². The van der Waals surface area contributed by atoms with Crippen molar-refractivity contribution in [1.82, 2.24) is 0 Å². The molecule has 1 aromatic heterocycles. The molecule has 1 unspecified atom stereocenters. The first kappa shape index (κ1) is 11.0. The maximum Gasteiger partial charge on any atom is 0.0393 e. The average molecular weight is 260 g/mol. The minimum absolute atomic E-state index is 0.160. The van der Waals surface area contributed by atoms with Crippen LogP contribution < -0.4 is 5.73 Å². The Hall–Kier alpha value is -0.120. The minimum atomic E-state index is 0.160. The van der Waals surface area contributed by atoms with Crippen LogP contribution in [0, 0.1) is 0 Å². The Morgan fingerprint density at radius 3 is 2.92 bits per heavy atom. The molecule has 13 heavy (non-hydrogen) atoms. The van der Waals surface area contributed by atoms with Crippen LogP contribution in [0.25, 0.3) is 0 Å². The van der Waals surface area contributed by atoms with Crippen LogP contribution in [0.2, 0.25) is 0 Å². The Bertz CT molecular complexity index is 293. The highest BCUT2D eigenvalue weighted by Gasteiger charge is 2.07. The summed E-state index contributed by atoms with van der Waals surface area (Å²) >= 11 is 5.13. The summed E-state index contributed by atoms with van der Waals surface area (Å²) in [5.41, 5.74) is 7.21. The predicted octanol–water partition coefficient (Wildman–Crippen LogP) is 3.87. The summed E-state index contributed by atoms with van der Waals surface area (Å²) in [6.45, 7) is 5.90. The number of rotatable bonds is 4. The molecule has 0 aliphatic rings. The molecule has 1 nitrogen and oxygen atoms in total. The lowest BCUT2D eigenvalue weighted by Gasteiger charge is -2.08. The molecule has 1 atom stereocenters. The zero-order valence-electron chi connectivity index (χ0n) is 7.72. The lowest BCUT2D eigenvalue weighted by molar-refractivity contribution is 0.659. The molecule has 0 aliphatic heterocycles. The molecule has 1 aromatic rings. The summed E-state index contributed by atoms with van der Waals surface area (Å²) in [7, 11) is 0. The van der Waals surface area contributed by atoms with Gasteiger partial charge in [-0.2, -0.15) is 0 Å². The van der Waals surface area contributed by atoms with Crippen LogP contribution in [0.4, 0.5) is 0 Å². The second-order valence-corrected chi connectivity index (χ2v) is 5.13. The van der Waals surface area contributed by atoms with Gasteiger partial charge in [-0.05, 0) is 41.8 Å². The lowest BCUT2D eigenvalue weighted by Crippen LogP contribution is -2.08. The fraction of sp³-hybridized carbons (Fsp3) is 0.400. The summed E-state index contributed by atoms with van der Waals surface area (Å²) in [6, 6.07) is 2.25. The average Bonchev–Trinajstić information content (AvgIpc) is 2.47. The van der Waals surface area contributed by atoms with Crippen molar-refractivity contribution < 1.29 is 0 Å². The van der Waals surface area contributed by atoms with Crippen molar-refractivity contribution in [2.45, 2.75) is 25.8 Å². The molecule has 0 saturated heterocycles. The van der Waals surface area contributed by atoms with Crippen molar-refractivity contribution in [2.24, 2.45) is 5.73 Å². The molecule has 2 N–H and O–H groups in total. The maximum atomic E-state index is 6.01.